The second-order valence-corrected chi connectivity index (χ2v) is 4.85. The first-order chi connectivity index (χ1) is 9.60. The van der Waals surface area contributed by atoms with Crippen molar-refractivity contribution in [1.29, 1.82) is 0 Å². The summed E-state index contributed by atoms with van der Waals surface area (Å²) in [5, 5.41) is 10.3. The number of ether oxygens (including phenoxy) is 1. The van der Waals surface area contributed by atoms with Crippen LogP contribution in [-0.2, 0) is 0 Å². The first-order valence-corrected chi connectivity index (χ1v) is 6.87. The predicted molar refractivity (Wildman–Crippen MR) is 78.1 cm³/mol. The molecule has 0 aromatic carbocycles. The van der Waals surface area contributed by atoms with Gasteiger partial charge in [-0.25, -0.2) is 4.98 Å². The molecule has 0 saturated carbocycles. The van der Waals surface area contributed by atoms with Crippen molar-refractivity contribution < 1.29 is 9.53 Å². The van der Waals surface area contributed by atoms with Crippen LogP contribution in [0.2, 0.25) is 5.15 Å². The van der Waals surface area contributed by atoms with Crippen LogP contribution in [0.4, 0.5) is 5.82 Å². The van der Waals surface area contributed by atoms with Gasteiger partial charge in [0.15, 0.2) is 11.0 Å². The van der Waals surface area contributed by atoms with Crippen molar-refractivity contribution in [3.05, 3.63) is 39.6 Å². The molecule has 2 heterocycles. The number of rotatable bonds is 4. The number of pyridine rings is 1. The minimum absolute atomic E-state index is 0.222. The third-order valence-electron chi connectivity index (χ3n) is 2.20. The fourth-order valence-electron chi connectivity index (χ4n) is 1.37. The summed E-state index contributed by atoms with van der Waals surface area (Å²) in [7, 11) is 0. The number of anilines is 1. The molecule has 0 aliphatic carbocycles. The number of hydrogen-bond acceptors (Lipinski definition) is 5. The average molecular weight is 358 g/mol. The molecule has 2 aromatic heterocycles. The van der Waals surface area contributed by atoms with Gasteiger partial charge in [0.2, 0.25) is 5.88 Å². The second-order valence-electron chi connectivity index (χ2n) is 3.61. The maximum atomic E-state index is 12.1. The maximum absolute atomic E-state index is 12.1. The number of nitrogens with one attached hydrogen (secondary N) is 1. The highest BCUT2D eigenvalue weighted by Crippen LogP contribution is 2.21. The quantitative estimate of drug-likeness (QED) is 0.910. The lowest BCUT2D eigenvalue weighted by atomic mass is 10.3. The van der Waals surface area contributed by atoms with Crippen molar-refractivity contribution in [2.75, 3.05) is 11.9 Å². The zero-order valence-corrected chi connectivity index (χ0v) is 12.8. The first kappa shape index (κ1) is 14.7. The van der Waals surface area contributed by atoms with Gasteiger partial charge in [-0.1, -0.05) is 17.7 Å². The highest BCUT2D eigenvalue weighted by molar-refractivity contribution is 9.10. The van der Waals surface area contributed by atoms with Gasteiger partial charge < -0.3 is 10.1 Å². The van der Waals surface area contributed by atoms with Gasteiger partial charge in [0.25, 0.3) is 5.91 Å². The average Bonchev–Trinajstić information content (AvgIpc) is 2.42. The van der Waals surface area contributed by atoms with Crippen LogP contribution in [0.25, 0.3) is 0 Å². The van der Waals surface area contributed by atoms with Gasteiger partial charge in [0.05, 0.1) is 11.1 Å². The van der Waals surface area contributed by atoms with Crippen molar-refractivity contribution in [2.24, 2.45) is 0 Å². The zero-order valence-electron chi connectivity index (χ0n) is 10.4. The Labute approximate surface area is 128 Å². The van der Waals surface area contributed by atoms with Gasteiger partial charge in [-0.2, -0.15) is 0 Å². The van der Waals surface area contributed by atoms with Crippen LogP contribution in [0.5, 0.6) is 5.88 Å². The Hall–Kier alpha value is -1.73. The van der Waals surface area contributed by atoms with Gasteiger partial charge in [-0.05, 0) is 35.0 Å². The van der Waals surface area contributed by atoms with E-state index < -0.39 is 5.91 Å². The highest BCUT2D eigenvalue weighted by atomic mass is 79.9. The summed E-state index contributed by atoms with van der Waals surface area (Å²) in [5.74, 6) is 0.244. The molecule has 0 radical (unpaired) electrons. The van der Waals surface area contributed by atoms with Crippen molar-refractivity contribution in [3.63, 3.8) is 0 Å². The van der Waals surface area contributed by atoms with Crippen LogP contribution in [0.3, 0.4) is 0 Å². The van der Waals surface area contributed by atoms with Gasteiger partial charge in [-0.3, -0.25) is 4.79 Å². The van der Waals surface area contributed by atoms with E-state index in [1.54, 1.807) is 18.2 Å². The fourth-order valence-corrected chi connectivity index (χ4v) is 2.05. The summed E-state index contributed by atoms with van der Waals surface area (Å²) >= 11 is 8.92. The molecule has 104 valence electrons. The fraction of sp³-hybridized carbons (Fsp3) is 0.167. The minimum atomic E-state index is -0.413. The molecule has 2 rings (SSSR count). The molecule has 0 spiro atoms. The molecule has 2 aromatic rings. The lowest BCUT2D eigenvalue weighted by molar-refractivity contribution is 0.102. The number of hydrogen-bond donors (Lipinski definition) is 1. The zero-order chi connectivity index (χ0) is 14.5. The molecule has 0 aliphatic rings. The summed E-state index contributed by atoms with van der Waals surface area (Å²) in [6.45, 7) is 2.32. The van der Waals surface area contributed by atoms with Gasteiger partial charge in [0.1, 0.15) is 5.69 Å². The van der Waals surface area contributed by atoms with E-state index in [4.69, 9.17) is 16.3 Å². The van der Waals surface area contributed by atoms with Crippen molar-refractivity contribution in [2.45, 2.75) is 6.92 Å². The van der Waals surface area contributed by atoms with E-state index in [9.17, 15) is 4.79 Å². The normalized spacial score (nSPS) is 10.2. The molecular weight excluding hydrogens is 348 g/mol. The number of halogens is 2. The minimum Gasteiger partial charge on any atom is -0.478 e. The van der Waals surface area contributed by atoms with Gasteiger partial charge in [-0.15, -0.1) is 10.2 Å². The van der Waals surface area contributed by atoms with E-state index in [1.165, 1.54) is 6.07 Å². The molecule has 0 saturated heterocycles. The van der Waals surface area contributed by atoms with Crippen LogP contribution in [-0.4, -0.2) is 27.7 Å². The summed E-state index contributed by atoms with van der Waals surface area (Å²) in [4.78, 5) is 16.1. The van der Waals surface area contributed by atoms with E-state index in [2.05, 4.69) is 36.4 Å². The van der Waals surface area contributed by atoms with E-state index >= 15 is 0 Å². The summed E-state index contributed by atoms with van der Waals surface area (Å²) in [6.07, 6.45) is 0. The summed E-state index contributed by atoms with van der Waals surface area (Å²) < 4.78 is 5.77. The van der Waals surface area contributed by atoms with Gasteiger partial charge >= 0.3 is 0 Å². The maximum Gasteiger partial charge on any atom is 0.275 e. The SMILES string of the molecule is CCOc1cccc(C(=O)Nc2nnc(Cl)cc2Br)n1. The molecule has 8 heteroatoms. The molecule has 0 fully saturated rings. The van der Waals surface area contributed by atoms with E-state index in [1.807, 2.05) is 6.92 Å². The Morgan fingerprint density at radius 1 is 1.45 bits per heavy atom. The Kier molecular flexibility index (Phi) is 4.86. The van der Waals surface area contributed by atoms with Crippen molar-refractivity contribution in [1.82, 2.24) is 15.2 Å². The van der Waals surface area contributed by atoms with E-state index in [-0.39, 0.29) is 16.7 Å². The van der Waals surface area contributed by atoms with E-state index in [0.29, 0.717) is 17.0 Å². The largest absolute Gasteiger partial charge is 0.478 e. The number of amides is 1. The molecule has 0 unspecified atom stereocenters. The third kappa shape index (κ3) is 3.64. The Morgan fingerprint density at radius 3 is 2.95 bits per heavy atom. The Balaban J connectivity index is 2.17. The lowest BCUT2D eigenvalue weighted by Gasteiger charge is -2.06. The Bertz CT molecular complexity index is 639. The molecule has 0 bridgehead atoms. The molecule has 1 N–H and O–H groups in total. The predicted octanol–water partition coefficient (Wildman–Crippen LogP) is 2.94. The van der Waals surface area contributed by atoms with Crippen LogP contribution in [0, 0.1) is 0 Å². The molecular formula is C12H10BrClN4O2. The van der Waals surface area contributed by atoms with Crippen LogP contribution < -0.4 is 10.1 Å². The first-order valence-electron chi connectivity index (χ1n) is 5.70. The van der Waals surface area contributed by atoms with Gasteiger partial charge in [0, 0.05) is 6.07 Å². The smallest absolute Gasteiger partial charge is 0.275 e. The van der Waals surface area contributed by atoms with Crippen molar-refractivity contribution >= 4 is 39.3 Å². The standard InChI is InChI=1S/C12H10BrClN4O2/c1-2-20-10-5-3-4-8(15-10)12(19)16-11-7(13)6-9(14)17-18-11/h3-6H,2H2,1H3,(H,16,18,19). The number of carbonyl (C=O) groups excluding carboxylic acids is 1. The molecule has 6 nitrogen and oxygen atoms in total. The topological polar surface area (TPSA) is 77.0 Å². The lowest BCUT2D eigenvalue weighted by Crippen LogP contribution is -2.15. The van der Waals surface area contributed by atoms with Crippen LogP contribution >= 0.6 is 27.5 Å². The molecule has 0 aliphatic heterocycles. The second kappa shape index (κ2) is 6.62. The third-order valence-corrected chi connectivity index (χ3v) is 2.99. The van der Waals surface area contributed by atoms with Crippen LogP contribution in [0.15, 0.2) is 28.7 Å². The number of carbonyl (C=O) groups is 1. The summed E-state index contributed by atoms with van der Waals surface area (Å²) in [5.41, 5.74) is 0.222. The van der Waals surface area contributed by atoms with Crippen LogP contribution in [0.1, 0.15) is 17.4 Å². The molecule has 20 heavy (non-hydrogen) atoms. The molecule has 0 atom stereocenters. The highest BCUT2D eigenvalue weighted by Gasteiger charge is 2.12. The van der Waals surface area contributed by atoms with Crippen molar-refractivity contribution in [3.8, 4) is 5.88 Å². The number of aromatic nitrogens is 3. The summed E-state index contributed by atoms with van der Waals surface area (Å²) in [6, 6.07) is 6.48. The Morgan fingerprint density at radius 2 is 2.25 bits per heavy atom. The van der Waals surface area contributed by atoms with E-state index in [0.717, 1.165) is 0 Å². The molecule has 1 amide bonds. The monoisotopic (exact) mass is 356 g/mol. The number of nitrogens with zero attached hydrogens (tertiary/aromatic N) is 3.